The van der Waals surface area contributed by atoms with E-state index in [1.165, 1.54) is 4.90 Å². The molecule has 0 saturated carbocycles. The molecule has 4 rings (SSSR count). The van der Waals surface area contributed by atoms with Crippen LogP contribution in [0.1, 0.15) is 23.7 Å². The van der Waals surface area contributed by atoms with Crippen molar-refractivity contribution in [1.82, 2.24) is 4.90 Å². The number of Topliss-reactive ketones (excluding diaryl/α,β-unsaturated/α-hetero) is 1. The SMILES string of the molecule is CC(=O)c1ccc(N2CCN([C@H]3CC(=O)N(c4ccccc4Cl)C3=O)CC2)cc1. The molecule has 0 unspecified atom stereocenters. The number of amides is 2. The number of carbonyl (C=O) groups is 3. The molecule has 2 aromatic carbocycles. The van der Waals surface area contributed by atoms with E-state index in [4.69, 9.17) is 11.6 Å². The molecule has 29 heavy (non-hydrogen) atoms. The number of nitrogens with zero attached hydrogens (tertiary/aromatic N) is 3. The van der Waals surface area contributed by atoms with Gasteiger partial charge in [-0.25, -0.2) is 4.90 Å². The van der Waals surface area contributed by atoms with E-state index in [1.54, 1.807) is 31.2 Å². The summed E-state index contributed by atoms with van der Waals surface area (Å²) in [5.41, 5.74) is 2.21. The third-order valence-corrected chi connectivity index (χ3v) is 5.93. The molecular weight excluding hydrogens is 390 g/mol. The molecule has 2 fully saturated rings. The molecule has 0 spiro atoms. The van der Waals surface area contributed by atoms with Gasteiger partial charge >= 0.3 is 0 Å². The maximum absolute atomic E-state index is 13.0. The van der Waals surface area contributed by atoms with E-state index in [9.17, 15) is 14.4 Å². The van der Waals surface area contributed by atoms with Gasteiger partial charge in [0.2, 0.25) is 5.91 Å². The lowest BCUT2D eigenvalue weighted by molar-refractivity contribution is -0.123. The molecule has 150 valence electrons. The number of anilines is 2. The van der Waals surface area contributed by atoms with Crippen LogP contribution in [0.15, 0.2) is 48.5 Å². The maximum Gasteiger partial charge on any atom is 0.251 e. The number of para-hydroxylation sites is 1. The second-order valence-electron chi connectivity index (χ2n) is 7.36. The monoisotopic (exact) mass is 411 g/mol. The summed E-state index contributed by atoms with van der Waals surface area (Å²) in [6.45, 7) is 4.44. The third kappa shape index (κ3) is 3.78. The highest BCUT2D eigenvalue weighted by molar-refractivity contribution is 6.36. The van der Waals surface area contributed by atoms with E-state index in [2.05, 4.69) is 9.80 Å². The minimum Gasteiger partial charge on any atom is -0.369 e. The Hall–Kier alpha value is -2.70. The average molecular weight is 412 g/mol. The normalized spacial score (nSPS) is 20.4. The number of hydrogen-bond donors (Lipinski definition) is 0. The Kier molecular flexibility index (Phi) is 5.39. The Bertz CT molecular complexity index is 952. The van der Waals surface area contributed by atoms with Crippen LogP contribution in [0.3, 0.4) is 0 Å². The van der Waals surface area contributed by atoms with Gasteiger partial charge < -0.3 is 4.90 Å². The third-order valence-electron chi connectivity index (χ3n) is 5.61. The number of carbonyl (C=O) groups excluding carboxylic acids is 3. The molecule has 0 bridgehead atoms. The summed E-state index contributed by atoms with van der Waals surface area (Å²) >= 11 is 6.20. The van der Waals surface area contributed by atoms with E-state index < -0.39 is 6.04 Å². The van der Waals surface area contributed by atoms with Gasteiger partial charge in [-0.15, -0.1) is 0 Å². The van der Waals surface area contributed by atoms with Crippen molar-refractivity contribution in [2.45, 2.75) is 19.4 Å². The lowest BCUT2D eigenvalue weighted by atomic mass is 10.1. The number of halogens is 1. The first-order chi connectivity index (χ1) is 14.0. The lowest BCUT2D eigenvalue weighted by Gasteiger charge is -2.38. The average Bonchev–Trinajstić information content (AvgIpc) is 3.03. The first kappa shape index (κ1) is 19.6. The molecule has 2 amide bonds. The minimum absolute atomic E-state index is 0.0499. The summed E-state index contributed by atoms with van der Waals surface area (Å²) < 4.78 is 0. The molecule has 0 aliphatic carbocycles. The van der Waals surface area contributed by atoms with Crippen molar-refractivity contribution >= 4 is 40.6 Å². The van der Waals surface area contributed by atoms with Crippen molar-refractivity contribution in [3.05, 3.63) is 59.1 Å². The van der Waals surface area contributed by atoms with E-state index in [0.717, 1.165) is 18.8 Å². The van der Waals surface area contributed by atoms with Gasteiger partial charge in [-0.1, -0.05) is 23.7 Å². The molecule has 2 aliphatic heterocycles. The van der Waals surface area contributed by atoms with Gasteiger partial charge in [-0.2, -0.15) is 0 Å². The highest BCUT2D eigenvalue weighted by atomic mass is 35.5. The summed E-state index contributed by atoms with van der Waals surface area (Å²) in [5, 5.41) is 0.397. The van der Waals surface area contributed by atoms with Crippen molar-refractivity contribution in [2.24, 2.45) is 0 Å². The van der Waals surface area contributed by atoms with Gasteiger partial charge in [-0.3, -0.25) is 19.3 Å². The molecule has 2 aromatic rings. The van der Waals surface area contributed by atoms with Crippen molar-refractivity contribution in [3.8, 4) is 0 Å². The highest BCUT2D eigenvalue weighted by Crippen LogP contribution is 2.31. The van der Waals surface area contributed by atoms with E-state index >= 15 is 0 Å². The summed E-state index contributed by atoms with van der Waals surface area (Å²) in [6.07, 6.45) is 0.178. The van der Waals surface area contributed by atoms with Gasteiger partial charge in [0.1, 0.15) is 0 Å². The van der Waals surface area contributed by atoms with Crippen LogP contribution in [0.2, 0.25) is 5.02 Å². The largest absolute Gasteiger partial charge is 0.369 e. The number of hydrogen-bond acceptors (Lipinski definition) is 5. The second kappa shape index (κ2) is 7.97. The van der Waals surface area contributed by atoms with Crippen LogP contribution in [0.25, 0.3) is 0 Å². The number of benzene rings is 2. The maximum atomic E-state index is 13.0. The molecule has 2 heterocycles. The van der Waals surface area contributed by atoms with E-state index in [-0.39, 0.29) is 24.0 Å². The van der Waals surface area contributed by atoms with Crippen molar-refractivity contribution in [3.63, 3.8) is 0 Å². The molecule has 0 N–H and O–H groups in total. The smallest absolute Gasteiger partial charge is 0.251 e. The summed E-state index contributed by atoms with van der Waals surface area (Å²) in [6, 6.07) is 14.1. The van der Waals surface area contributed by atoms with E-state index in [0.29, 0.717) is 29.4 Å². The molecule has 1 atom stereocenters. The summed E-state index contributed by atoms with van der Waals surface area (Å²) in [7, 11) is 0. The van der Waals surface area contributed by atoms with Crippen molar-refractivity contribution in [1.29, 1.82) is 0 Å². The van der Waals surface area contributed by atoms with Gasteiger partial charge in [0, 0.05) is 37.4 Å². The Labute approximate surface area is 174 Å². The minimum atomic E-state index is -0.444. The van der Waals surface area contributed by atoms with Gasteiger partial charge in [0.25, 0.3) is 5.91 Å². The van der Waals surface area contributed by atoms with Crippen LogP contribution in [0.4, 0.5) is 11.4 Å². The topological polar surface area (TPSA) is 60.9 Å². The fourth-order valence-corrected chi connectivity index (χ4v) is 4.21. The molecular formula is C22H22ClN3O3. The van der Waals surface area contributed by atoms with E-state index in [1.807, 2.05) is 24.3 Å². The number of rotatable bonds is 4. The lowest BCUT2D eigenvalue weighted by Crippen LogP contribution is -2.52. The zero-order valence-electron chi connectivity index (χ0n) is 16.2. The Morgan fingerprint density at radius 2 is 1.62 bits per heavy atom. The van der Waals surface area contributed by atoms with Crippen LogP contribution in [0, 0.1) is 0 Å². The zero-order valence-corrected chi connectivity index (χ0v) is 16.9. The quantitative estimate of drug-likeness (QED) is 0.571. The van der Waals surface area contributed by atoms with Crippen LogP contribution in [-0.4, -0.2) is 54.7 Å². The van der Waals surface area contributed by atoms with Crippen molar-refractivity contribution < 1.29 is 14.4 Å². The molecule has 2 aliphatic rings. The Balaban J connectivity index is 1.42. The summed E-state index contributed by atoms with van der Waals surface area (Å²) in [4.78, 5) is 42.5. The molecule has 6 nitrogen and oxygen atoms in total. The molecule has 0 aromatic heterocycles. The number of ketones is 1. The fourth-order valence-electron chi connectivity index (χ4n) is 3.99. The van der Waals surface area contributed by atoms with Crippen LogP contribution < -0.4 is 9.80 Å². The number of imide groups is 1. The fraction of sp³-hybridized carbons (Fsp3) is 0.318. The van der Waals surface area contributed by atoms with Crippen molar-refractivity contribution in [2.75, 3.05) is 36.0 Å². The molecule has 0 radical (unpaired) electrons. The second-order valence-corrected chi connectivity index (χ2v) is 7.77. The Morgan fingerprint density at radius 3 is 2.24 bits per heavy atom. The predicted molar refractivity (Wildman–Crippen MR) is 113 cm³/mol. The molecule has 2 saturated heterocycles. The Morgan fingerprint density at radius 1 is 0.966 bits per heavy atom. The van der Waals surface area contributed by atoms with Crippen LogP contribution in [-0.2, 0) is 9.59 Å². The highest BCUT2D eigenvalue weighted by Gasteiger charge is 2.43. The van der Waals surface area contributed by atoms with Gasteiger partial charge in [0.15, 0.2) is 5.78 Å². The number of piperazine rings is 1. The van der Waals surface area contributed by atoms with Crippen LogP contribution in [0.5, 0.6) is 0 Å². The van der Waals surface area contributed by atoms with Gasteiger partial charge in [-0.05, 0) is 43.3 Å². The molecule has 7 heteroatoms. The zero-order chi connectivity index (χ0) is 20.5. The summed E-state index contributed by atoms with van der Waals surface area (Å²) in [5.74, 6) is -0.369. The first-order valence-corrected chi connectivity index (χ1v) is 10.0. The first-order valence-electron chi connectivity index (χ1n) is 9.67. The van der Waals surface area contributed by atoms with Gasteiger partial charge in [0.05, 0.1) is 23.2 Å². The van der Waals surface area contributed by atoms with Crippen LogP contribution >= 0.6 is 11.6 Å². The standard InChI is InChI=1S/C22H22ClN3O3/c1-15(27)16-6-8-17(9-7-16)24-10-12-25(13-11-24)20-14-21(28)26(22(20)29)19-5-3-2-4-18(19)23/h2-9,20H,10-14H2,1H3/t20-/m0/s1. The predicted octanol–water partition coefficient (Wildman–Crippen LogP) is 3.00.